The third kappa shape index (κ3) is 4.60. The number of imidazole rings is 1. The van der Waals surface area contributed by atoms with Crippen LogP contribution in [0.5, 0.6) is 0 Å². The second-order valence-electron chi connectivity index (χ2n) is 7.63. The second kappa shape index (κ2) is 8.00. The lowest BCUT2D eigenvalue weighted by Gasteiger charge is -2.27. The summed E-state index contributed by atoms with van der Waals surface area (Å²) in [6.45, 7) is 6.55. The summed E-state index contributed by atoms with van der Waals surface area (Å²) in [5, 5.41) is 3.09. The van der Waals surface area contributed by atoms with Gasteiger partial charge >= 0.3 is 0 Å². The van der Waals surface area contributed by atoms with Crippen LogP contribution in [0, 0.1) is 11.8 Å². The van der Waals surface area contributed by atoms with E-state index in [0.717, 1.165) is 29.7 Å². The van der Waals surface area contributed by atoms with Crippen molar-refractivity contribution in [3.8, 4) is 0 Å². The molecule has 0 bridgehead atoms. The van der Waals surface area contributed by atoms with Crippen molar-refractivity contribution in [2.45, 2.75) is 58.6 Å². The number of ether oxygens (including phenoxy) is 1. The van der Waals surface area contributed by atoms with Crippen LogP contribution in [0.15, 0.2) is 24.3 Å². The van der Waals surface area contributed by atoms with Crippen LogP contribution >= 0.6 is 0 Å². The van der Waals surface area contributed by atoms with E-state index >= 15 is 0 Å². The van der Waals surface area contributed by atoms with Crippen LogP contribution in [0.2, 0.25) is 0 Å². The predicted octanol–water partition coefficient (Wildman–Crippen LogP) is 3.97. The van der Waals surface area contributed by atoms with Gasteiger partial charge in [0.2, 0.25) is 5.91 Å². The number of H-pyrrole nitrogens is 1. The number of carbonyl (C=O) groups is 1. The fourth-order valence-electron chi connectivity index (χ4n) is 3.61. The van der Waals surface area contributed by atoms with E-state index in [4.69, 9.17) is 4.74 Å². The van der Waals surface area contributed by atoms with Gasteiger partial charge in [0.25, 0.3) is 0 Å². The molecule has 25 heavy (non-hydrogen) atoms. The monoisotopic (exact) mass is 343 g/mol. The number of rotatable bonds is 6. The molecular weight excluding hydrogens is 314 g/mol. The Bertz CT molecular complexity index is 677. The van der Waals surface area contributed by atoms with E-state index in [1.165, 1.54) is 12.8 Å². The molecule has 2 aromatic rings. The van der Waals surface area contributed by atoms with Crippen LogP contribution in [0.4, 0.5) is 0 Å². The van der Waals surface area contributed by atoms with Gasteiger partial charge in [0.05, 0.1) is 23.2 Å². The lowest BCUT2D eigenvalue weighted by atomic mass is 9.89. The van der Waals surface area contributed by atoms with Crippen LogP contribution in [0.3, 0.4) is 0 Å². The number of nitrogens with zero attached hydrogens (tertiary/aromatic N) is 1. The Labute approximate surface area is 149 Å². The zero-order chi connectivity index (χ0) is 17.8. The molecule has 5 nitrogen and oxygen atoms in total. The molecule has 1 fully saturated rings. The average Bonchev–Trinajstić information content (AvgIpc) is 3.01. The lowest BCUT2D eigenvalue weighted by molar-refractivity contribution is -0.129. The summed E-state index contributed by atoms with van der Waals surface area (Å²) in [6, 6.07) is 7.77. The molecule has 3 rings (SSSR count). The van der Waals surface area contributed by atoms with Crippen LogP contribution in [-0.4, -0.2) is 28.6 Å². The molecule has 1 aromatic carbocycles. The Morgan fingerprint density at radius 2 is 2.16 bits per heavy atom. The fourth-order valence-corrected chi connectivity index (χ4v) is 3.61. The number of amides is 1. The number of para-hydroxylation sites is 2. The van der Waals surface area contributed by atoms with Gasteiger partial charge in [-0.05, 0) is 36.8 Å². The SMILES string of the molecule is CC1CCCC(OCC(=O)N[C@H](c2nc3ccccc3[nH]2)C(C)C)C1. The maximum Gasteiger partial charge on any atom is 0.246 e. The Hall–Kier alpha value is -1.88. The number of hydrogen-bond acceptors (Lipinski definition) is 3. The summed E-state index contributed by atoms with van der Waals surface area (Å²) in [6.07, 6.45) is 4.81. The molecule has 3 atom stereocenters. The summed E-state index contributed by atoms with van der Waals surface area (Å²) in [5.41, 5.74) is 1.91. The highest BCUT2D eigenvalue weighted by Gasteiger charge is 2.24. The van der Waals surface area contributed by atoms with Crippen LogP contribution < -0.4 is 5.32 Å². The summed E-state index contributed by atoms with van der Waals surface area (Å²) in [5.74, 6) is 1.66. The van der Waals surface area contributed by atoms with Crippen molar-refractivity contribution < 1.29 is 9.53 Å². The van der Waals surface area contributed by atoms with Crippen LogP contribution in [-0.2, 0) is 9.53 Å². The van der Waals surface area contributed by atoms with E-state index in [9.17, 15) is 4.79 Å². The first-order valence-corrected chi connectivity index (χ1v) is 9.38. The number of nitrogens with one attached hydrogen (secondary N) is 2. The zero-order valence-electron chi connectivity index (χ0n) is 15.4. The lowest BCUT2D eigenvalue weighted by Crippen LogP contribution is -2.36. The first kappa shape index (κ1) is 17.9. The highest BCUT2D eigenvalue weighted by molar-refractivity contribution is 5.78. The molecule has 1 aliphatic carbocycles. The van der Waals surface area contributed by atoms with E-state index < -0.39 is 0 Å². The van der Waals surface area contributed by atoms with Gasteiger partial charge in [0.15, 0.2) is 0 Å². The number of carbonyl (C=O) groups excluding carboxylic acids is 1. The summed E-state index contributed by atoms with van der Waals surface area (Å²) in [4.78, 5) is 20.4. The first-order chi connectivity index (χ1) is 12.0. The van der Waals surface area contributed by atoms with Crippen molar-refractivity contribution in [3.05, 3.63) is 30.1 Å². The zero-order valence-corrected chi connectivity index (χ0v) is 15.4. The summed E-state index contributed by atoms with van der Waals surface area (Å²) >= 11 is 0. The summed E-state index contributed by atoms with van der Waals surface area (Å²) in [7, 11) is 0. The third-order valence-corrected chi connectivity index (χ3v) is 5.02. The Balaban J connectivity index is 1.60. The summed E-state index contributed by atoms with van der Waals surface area (Å²) < 4.78 is 5.85. The van der Waals surface area contributed by atoms with E-state index in [1.807, 2.05) is 24.3 Å². The average molecular weight is 343 g/mol. The molecule has 136 valence electrons. The minimum absolute atomic E-state index is 0.0719. The number of hydrogen-bond donors (Lipinski definition) is 2. The topological polar surface area (TPSA) is 67.0 Å². The minimum atomic E-state index is -0.145. The first-order valence-electron chi connectivity index (χ1n) is 9.38. The van der Waals surface area contributed by atoms with E-state index in [-0.39, 0.29) is 30.6 Å². The number of benzene rings is 1. The minimum Gasteiger partial charge on any atom is -0.368 e. The van der Waals surface area contributed by atoms with E-state index in [0.29, 0.717) is 5.92 Å². The maximum atomic E-state index is 12.4. The molecule has 2 N–H and O–H groups in total. The largest absolute Gasteiger partial charge is 0.368 e. The molecule has 5 heteroatoms. The molecule has 0 saturated heterocycles. The van der Waals surface area contributed by atoms with Crippen molar-refractivity contribution in [3.63, 3.8) is 0 Å². The van der Waals surface area contributed by atoms with E-state index in [1.54, 1.807) is 0 Å². The van der Waals surface area contributed by atoms with Crippen molar-refractivity contribution in [2.75, 3.05) is 6.61 Å². The van der Waals surface area contributed by atoms with Crippen molar-refractivity contribution in [2.24, 2.45) is 11.8 Å². The molecule has 0 spiro atoms. The standard InChI is InChI=1S/C20H29N3O2/c1-13(2)19(20-21-16-9-4-5-10-17(16)22-20)23-18(24)12-25-15-8-6-7-14(3)11-15/h4-5,9-10,13-15,19H,6-8,11-12H2,1-3H3,(H,21,22)(H,23,24)/t14?,15?,19-/m0/s1. The highest BCUT2D eigenvalue weighted by Crippen LogP contribution is 2.26. The molecule has 2 unspecified atom stereocenters. The van der Waals surface area contributed by atoms with Crippen molar-refractivity contribution in [1.29, 1.82) is 0 Å². The van der Waals surface area contributed by atoms with Gasteiger partial charge in [0, 0.05) is 0 Å². The van der Waals surface area contributed by atoms with Crippen LogP contribution in [0.25, 0.3) is 11.0 Å². The molecule has 1 heterocycles. The van der Waals surface area contributed by atoms with Gasteiger partial charge < -0.3 is 15.0 Å². The van der Waals surface area contributed by atoms with Crippen molar-refractivity contribution in [1.82, 2.24) is 15.3 Å². The Morgan fingerprint density at radius 1 is 1.36 bits per heavy atom. The number of fused-ring (bicyclic) bond motifs is 1. The quantitative estimate of drug-likeness (QED) is 0.834. The molecule has 1 amide bonds. The smallest absolute Gasteiger partial charge is 0.246 e. The highest BCUT2D eigenvalue weighted by atomic mass is 16.5. The molecule has 1 aliphatic rings. The maximum absolute atomic E-state index is 12.4. The third-order valence-electron chi connectivity index (χ3n) is 5.02. The number of aromatic amines is 1. The molecule has 1 saturated carbocycles. The second-order valence-corrected chi connectivity index (χ2v) is 7.63. The fraction of sp³-hybridized carbons (Fsp3) is 0.600. The van der Waals surface area contributed by atoms with Gasteiger partial charge in [0.1, 0.15) is 12.4 Å². The predicted molar refractivity (Wildman–Crippen MR) is 99.2 cm³/mol. The van der Waals surface area contributed by atoms with Gasteiger partial charge in [-0.3, -0.25) is 4.79 Å². The van der Waals surface area contributed by atoms with Crippen molar-refractivity contribution >= 4 is 16.9 Å². The Morgan fingerprint density at radius 3 is 2.88 bits per heavy atom. The van der Waals surface area contributed by atoms with Gasteiger partial charge in [-0.25, -0.2) is 4.98 Å². The van der Waals surface area contributed by atoms with Gasteiger partial charge in [-0.1, -0.05) is 45.7 Å². The van der Waals surface area contributed by atoms with E-state index in [2.05, 4.69) is 36.1 Å². The molecular formula is C20H29N3O2. The molecule has 0 aliphatic heterocycles. The van der Waals surface area contributed by atoms with Crippen LogP contribution in [0.1, 0.15) is 58.3 Å². The molecule has 0 radical (unpaired) electrons. The van der Waals surface area contributed by atoms with Gasteiger partial charge in [-0.15, -0.1) is 0 Å². The number of aromatic nitrogens is 2. The normalized spacial score (nSPS) is 22.2. The Kier molecular flexibility index (Phi) is 5.74. The molecule has 1 aromatic heterocycles. The van der Waals surface area contributed by atoms with Gasteiger partial charge in [-0.2, -0.15) is 0 Å².